The van der Waals surface area contributed by atoms with Crippen molar-refractivity contribution in [2.45, 2.75) is 57.2 Å². The Hall–Kier alpha value is -5.69. The number of rotatable bonds is 14. The number of aryl methyl sites for hydroxylation is 2. The summed E-state index contributed by atoms with van der Waals surface area (Å²) in [5.41, 5.74) is 6.52. The number of hydrogen-bond acceptors (Lipinski definition) is 8. The Morgan fingerprint density at radius 1 is 0.929 bits per heavy atom. The normalized spacial score (nSPS) is 18.4. The van der Waals surface area contributed by atoms with Crippen LogP contribution in [0.3, 0.4) is 0 Å². The number of piperidine rings is 3. The van der Waals surface area contributed by atoms with Crippen molar-refractivity contribution in [2.75, 3.05) is 37.6 Å². The number of hydrogen-bond donors (Lipinski definition) is 5. The number of aliphatic hydroxyl groups excluding tert-OH is 1. The lowest BCUT2D eigenvalue weighted by Gasteiger charge is -2.48. The molecule has 5 N–H and O–H groups in total. The molecule has 3 fully saturated rings. The van der Waals surface area contributed by atoms with Crippen molar-refractivity contribution < 1.29 is 24.5 Å². The van der Waals surface area contributed by atoms with Crippen LogP contribution in [0.2, 0.25) is 0 Å². The van der Waals surface area contributed by atoms with E-state index in [1.165, 1.54) is 12.1 Å². The van der Waals surface area contributed by atoms with Crippen molar-refractivity contribution in [3.63, 3.8) is 0 Å². The maximum Gasteiger partial charge on any atom is 0.419 e. The van der Waals surface area contributed by atoms with Crippen molar-refractivity contribution in [1.82, 2.24) is 19.8 Å². The third-order valence-corrected chi connectivity index (χ3v) is 11.6. The van der Waals surface area contributed by atoms with Gasteiger partial charge in [-0.3, -0.25) is 14.3 Å². The second kappa shape index (κ2) is 16.2. The fourth-order valence-electron chi connectivity index (χ4n) is 8.65. The SMILES string of the molecule is O=C(O)N(c1cc(CCCCn2c(=O)oc3cc(CCNC[C@@H](O)c4ccc(O)c5[nH]c(=O)ccc45)ccc32)ccc1-c1ccccc1)[C@H]1CN2CCC1CC2. The number of unbranched alkanes of at least 4 members (excludes halogenated alkanes) is 1. The van der Waals surface area contributed by atoms with Crippen LogP contribution in [0, 0.1) is 5.92 Å². The number of aromatic amines is 1. The minimum Gasteiger partial charge on any atom is -0.506 e. The Labute approximate surface area is 323 Å². The smallest absolute Gasteiger partial charge is 0.419 e. The molecule has 4 aromatic carbocycles. The summed E-state index contributed by atoms with van der Waals surface area (Å²) in [7, 11) is 0. The summed E-state index contributed by atoms with van der Waals surface area (Å²) in [5.74, 6) is -0.0979. The van der Waals surface area contributed by atoms with E-state index in [1.807, 2.05) is 48.5 Å². The van der Waals surface area contributed by atoms with Crippen LogP contribution in [-0.2, 0) is 19.4 Å². The van der Waals surface area contributed by atoms with E-state index < -0.39 is 18.0 Å². The predicted molar refractivity (Wildman–Crippen MR) is 217 cm³/mol. The number of oxazole rings is 1. The van der Waals surface area contributed by atoms with Gasteiger partial charge in [0.15, 0.2) is 5.58 Å². The van der Waals surface area contributed by atoms with Crippen molar-refractivity contribution in [3.05, 3.63) is 129 Å². The van der Waals surface area contributed by atoms with E-state index in [2.05, 4.69) is 33.4 Å². The highest BCUT2D eigenvalue weighted by Gasteiger charge is 2.41. The van der Waals surface area contributed by atoms with E-state index in [9.17, 15) is 29.7 Å². The van der Waals surface area contributed by atoms with Gasteiger partial charge in [-0.25, -0.2) is 9.59 Å². The van der Waals surface area contributed by atoms with E-state index in [0.29, 0.717) is 47.5 Å². The lowest BCUT2D eigenvalue weighted by Crippen LogP contribution is -2.59. The molecule has 2 bridgehead atoms. The van der Waals surface area contributed by atoms with Crippen molar-refractivity contribution in [1.29, 1.82) is 0 Å². The molecule has 0 radical (unpaired) electrons. The molecule has 0 saturated carbocycles. The first-order valence-corrected chi connectivity index (χ1v) is 19.5. The third kappa shape index (κ3) is 7.73. The van der Waals surface area contributed by atoms with Gasteiger partial charge >= 0.3 is 11.8 Å². The Balaban J connectivity index is 0.890. The highest BCUT2D eigenvalue weighted by molar-refractivity contribution is 5.94. The van der Waals surface area contributed by atoms with Crippen LogP contribution < -0.4 is 21.5 Å². The molecule has 6 aromatic rings. The number of carbonyl (C=O) groups is 1. The van der Waals surface area contributed by atoms with Crippen molar-refractivity contribution in [3.8, 4) is 16.9 Å². The monoisotopic (exact) mass is 757 g/mol. The van der Waals surface area contributed by atoms with Gasteiger partial charge < -0.3 is 34.9 Å². The second-order valence-electron chi connectivity index (χ2n) is 15.1. The molecular formula is C44H47N5O7. The Morgan fingerprint density at radius 2 is 1.71 bits per heavy atom. The molecular weight excluding hydrogens is 711 g/mol. The number of amides is 1. The molecule has 0 aliphatic carbocycles. The summed E-state index contributed by atoms with van der Waals surface area (Å²) in [6, 6.07) is 28.0. The first-order chi connectivity index (χ1) is 27.2. The molecule has 56 heavy (non-hydrogen) atoms. The molecule has 2 atom stereocenters. The van der Waals surface area contributed by atoms with Gasteiger partial charge in [-0.2, -0.15) is 0 Å². The fourth-order valence-corrected chi connectivity index (χ4v) is 8.65. The largest absolute Gasteiger partial charge is 0.506 e. The molecule has 12 heteroatoms. The van der Waals surface area contributed by atoms with Crippen LogP contribution >= 0.6 is 0 Å². The zero-order chi connectivity index (χ0) is 38.8. The quantitative estimate of drug-likeness (QED) is 0.0806. The van der Waals surface area contributed by atoms with E-state index in [4.69, 9.17) is 4.42 Å². The average molecular weight is 758 g/mol. The summed E-state index contributed by atoms with van der Waals surface area (Å²) in [6.45, 7) is 4.17. The highest BCUT2D eigenvalue weighted by atomic mass is 16.4. The lowest BCUT2D eigenvalue weighted by atomic mass is 9.82. The number of anilines is 1. The molecule has 0 spiro atoms. The molecule has 5 heterocycles. The first kappa shape index (κ1) is 37.2. The number of fused-ring (bicyclic) bond motifs is 5. The highest BCUT2D eigenvalue weighted by Crippen LogP contribution is 2.39. The van der Waals surface area contributed by atoms with Gasteiger partial charge in [0.05, 0.1) is 28.9 Å². The van der Waals surface area contributed by atoms with Gasteiger partial charge in [0.25, 0.3) is 0 Å². The Bertz CT molecular complexity index is 2470. The number of phenolic OH excluding ortho intramolecular Hbond substituents is 1. The van der Waals surface area contributed by atoms with Gasteiger partial charge in [0, 0.05) is 36.7 Å². The topological polar surface area (TPSA) is 164 Å². The number of carboxylic acid groups (broad SMARTS) is 1. The summed E-state index contributed by atoms with van der Waals surface area (Å²) >= 11 is 0. The Morgan fingerprint density at radius 3 is 2.48 bits per heavy atom. The maximum atomic E-state index is 13.0. The minimum atomic E-state index is -0.914. The summed E-state index contributed by atoms with van der Waals surface area (Å²) < 4.78 is 7.32. The lowest BCUT2D eigenvalue weighted by molar-refractivity contribution is 0.0837. The van der Waals surface area contributed by atoms with Gasteiger partial charge in [-0.05, 0) is 117 Å². The van der Waals surface area contributed by atoms with Crippen LogP contribution in [0.25, 0.3) is 33.1 Å². The van der Waals surface area contributed by atoms with Crippen LogP contribution in [0.5, 0.6) is 5.75 Å². The van der Waals surface area contributed by atoms with E-state index in [-0.39, 0.29) is 23.9 Å². The van der Waals surface area contributed by atoms with Gasteiger partial charge in [0.2, 0.25) is 5.56 Å². The number of nitrogens with one attached hydrogen (secondary N) is 2. The molecule has 9 rings (SSSR count). The number of aromatic hydroxyl groups is 1. The number of pyridine rings is 1. The zero-order valence-corrected chi connectivity index (χ0v) is 31.2. The standard InChI is InChI=1S/C44H47N5O7/c50-38-15-12-33(34-13-16-41(52)46-42(34)38)39(51)26-45-20-17-29-10-14-35-40(25-29)56-44(55)48(35)21-5-4-6-28-9-11-32(30-7-2-1-3-8-30)36(24-28)49(43(53)54)37-27-47-22-18-31(37)19-23-47/h1-3,7-16,24-25,31,37,39,45,50-51H,4-6,17-23,26-27H2,(H,46,52)(H,53,54)/t37-,39+/m0/s1. The molecule has 1 amide bonds. The number of phenols is 1. The third-order valence-electron chi connectivity index (χ3n) is 11.6. The van der Waals surface area contributed by atoms with Crippen LogP contribution in [0.1, 0.15) is 48.5 Å². The molecule has 0 unspecified atom stereocenters. The van der Waals surface area contributed by atoms with Crippen LogP contribution in [-0.4, -0.2) is 74.6 Å². The van der Waals surface area contributed by atoms with Crippen molar-refractivity contribution in [2.24, 2.45) is 5.92 Å². The van der Waals surface area contributed by atoms with Crippen LogP contribution in [0.15, 0.2) is 105 Å². The summed E-state index contributed by atoms with van der Waals surface area (Å²) in [4.78, 5) is 44.3. The maximum absolute atomic E-state index is 13.0. The van der Waals surface area contributed by atoms with Gasteiger partial charge in [-0.1, -0.05) is 54.6 Å². The number of benzene rings is 4. The first-order valence-electron chi connectivity index (χ1n) is 19.5. The summed E-state index contributed by atoms with van der Waals surface area (Å²) in [6.07, 6.45) is 3.21. The average Bonchev–Trinajstić information content (AvgIpc) is 3.52. The molecule has 12 nitrogen and oxygen atoms in total. The number of H-pyrrole nitrogens is 1. The predicted octanol–water partition coefficient (Wildman–Crippen LogP) is 6.28. The van der Waals surface area contributed by atoms with E-state index in [1.54, 1.807) is 21.6 Å². The minimum absolute atomic E-state index is 0.0541. The number of nitrogens with zero attached hydrogens (tertiary/aromatic N) is 3. The molecule has 3 saturated heterocycles. The molecule has 3 aliphatic heterocycles. The molecule has 3 aliphatic rings. The second-order valence-corrected chi connectivity index (χ2v) is 15.1. The zero-order valence-electron chi connectivity index (χ0n) is 31.2. The summed E-state index contributed by atoms with van der Waals surface area (Å²) in [5, 5.41) is 35.5. The van der Waals surface area contributed by atoms with E-state index >= 15 is 0 Å². The number of aliphatic hydroxyl groups is 1. The van der Waals surface area contributed by atoms with Crippen molar-refractivity contribution >= 4 is 33.8 Å². The number of aromatic nitrogens is 2. The molecule has 290 valence electrons. The fraction of sp³-hybridized carbons (Fsp3) is 0.341. The van der Waals surface area contributed by atoms with E-state index in [0.717, 1.165) is 85.2 Å². The van der Waals surface area contributed by atoms with Crippen LogP contribution in [0.4, 0.5) is 10.5 Å². The van der Waals surface area contributed by atoms with Gasteiger partial charge in [0.1, 0.15) is 5.75 Å². The Kier molecular flexibility index (Phi) is 10.8. The van der Waals surface area contributed by atoms with Gasteiger partial charge in [-0.15, -0.1) is 0 Å². The molecule has 2 aromatic heterocycles.